The molecule has 0 aliphatic rings. The molecule has 0 atom stereocenters. The van der Waals surface area contributed by atoms with Gasteiger partial charge in [0.25, 0.3) is 0 Å². The van der Waals surface area contributed by atoms with Crippen molar-refractivity contribution in [2.24, 2.45) is 0 Å². The molecule has 71 valence electrons. The Balaban J connectivity index is 3.31. The maximum atomic E-state index is 11.0. The highest BCUT2D eigenvalue weighted by Crippen LogP contribution is 2.00. The fourth-order valence-electron chi connectivity index (χ4n) is 1.09. The van der Waals surface area contributed by atoms with E-state index >= 15 is 0 Å². The third-order valence-corrected chi connectivity index (χ3v) is 1.99. The van der Waals surface area contributed by atoms with Gasteiger partial charge in [0, 0.05) is 20.0 Å². The largest absolute Gasteiger partial charge is 0.346 e. The average Bonchev–Trinajstić information content (AvgIpc) is 2.10. The van der Waals surface area contributed by atoms with Gasteiger partial charge in [-0.2, -0.15) is 0 Å². The van der Waals surface area contributed by atoms with Crippen LogP contribution < -0.4 is 0 Å². The van der Waals surface area contributed by atoms with Crippen molar-refractivity contribution >= 4 is 5.91 Å². The summed E-state index contributed by atoms with van der Waals surface area (Å²) in [6.07, 6.45) is 5.24. The second-order valence-corrected chi connectivity index (χ2v) is 3.13. The van der Waals surface area contributed by atoms with Gasteiger partial charge >= 0.3 is 0 Å². The van der Waals surface area contributed by atoms with Gasteiger partial charge in [0.15, 0.2) is 0 Å². The van der Waals surface area contributed by atoms with Crippen molar-refractivity contribution in [1.82, 2.24) is 4.90 Å². The summed E-state index contributed by atoms with van der Waals surface area (Å²) in [4.78, 5) is 12.8. The lowest BCUT2D eigenvalue weighted by atomic mass is 10.2. The van der Waals surface area contributed by atoms with Gasteiger partial charge in [0.05, 0.1) is 0 Å². The van der Waals surface area contributed by atoms with E-state index in [0.717, 1.165) is 13.0 Å². The first-order valence-corrected chi connectivity index (χ1v) is 4.75. The van der Waals surface area contributed by atoms with E-state index in [-0.39, 0.29) is 5.91 Å². The zero-order valence-corrected chi connectivity index (χ0v) is 8.31. The lowest BCUT2D eigenvalue weighted by Gasteiger charge is -2.15. The van der Waals surface area contributed by atoms with Crippen molar-refractivity contribution in [2.45, 2.75) is 39.0 Å². The van der Waals surface area contributed by atoms with E-state index in [1.54, 1.807) is 4.90 Å². The van der Waals surface area contributed by atoms with Crippen molar-refractivity contribution in [3.8, 4) is 0 Å². The Labute approximate surface area is 75.9 Å². The molecule has 0 aliphatic heterocycles. The minimum absolute atomic E-state index is 0.145. The van der Waals surface area contributed by atoms with Gasteiger partial charge in [-0.25, -0.2) is 0 Å². The smallest absolute Gasteiger partial charge is 0.222 e. The van der Waals surface area contributed by atoms with E-state index in [4.69, 9.17) is 0 Å². The Bertz CT molecular complexity index is 123. The zero-order valence-electron chi connectivity index (χ0n) is 8.31. The molecule has 2 nitrogen and oxygen atoms in total. The van der Waals surface area contributed by atoms with Gasteiger partial charge in [0.2, 0.25) is 5.91 Å². The van der Waals surface area contributed by atoms with Gasteiger partial charge in [-0.05, 0) is 13.3 Å². The third-order valence-electron chi connectivity index (χ3n) is 1.99. The summed E-state index contributed by atoms with van der Waals surface area (Å²) in [6.45, 7) is 6.63. The van der Waals surface area contributed by atoms with Crippen LogP contribution in [0.5, 0.6) is 0 Å². The summed E-state index contributed by atoms with van der Waals surface area (Å²) in [6, 6.07) is 0. The van der Waals surface area contributed by atoms with Crippen LogP contribution in [0, 0.1) is 6.92 Å². The molecule has 1 radical (unpaired) electrons. The summed E-state index contributed by atoms with van der Waals surface area (Å²) < 4.78 is 0. The van der Waals surface area contributed by atoms with Crippen LogP contribution in [0.3, 0.4) is 0 Å². The van der Waals surface area contributed by atoms with Crippen LogP contribution in [-0.4, -0.2) is 24.4 Å². The SMILES string of the molecule is [CH2]CC(=O)N(C)CCCCCC. The highest BCUT2D eigenvalue weighted by molar-refractivity contribution is 5.76. The van der Waals surface area contributed by atoms with Gasteiger partial charge in [0.1, 0.15) is 0 Å². The van der Waals surface area contributed by atoms with Crippen molar-refractivity contribution < 1.29 is 4.79 Å². The summed E-state index contributed by atoms with van der Waals surface area (Å²) >= 11 is 0. The molecule has 0 spiro atoms. The molecule has 0 N–H and O–H groups in total. The Hall–Kier alpha value is -0.530. The number of hydrogen-bond donors (Lipinski definition) is 0. The van der Waals surface area contributed by atoms with Crippen molar-refractivity contribution in [2.75, 3.05) is 13.6 Å². The second kappa shape index (κ2) is 7.14. The molecule has 0 aromatic carbocycles. The normalized spacial score (nSPS) is 9.92. The van der Waals surface area contributed by atoms with Crippen LogP contribution in [0.1, 0.15) is 39.0 Å². The third kappa shape index (κ3) is 5.16. The molecule has 1 amide bonds. The zero-order chi connectivity index (χ0) is 9.40. The minimum Gasteiger partial charge on any atom is -0.346 e. The van der Waals surface area contributed by atoms with E-state index in [1.165, 1.54) is 19.3 Å². The quantitative estimate of drug-likeness (QED) is 0.560. The predicted molar refractivity (Wildman–Crippen MR) is 51.8 cm³/mol. The summed E-state index contributed by atoms with van der Waals surface area (Å²) in [5.74, 6) is 0.145. The number of hydrogen-bond acceptors (Lipinski definition) is 1. The monoisotopic (exact) mass is 170 g/mol. The lowest BCUT2D eigenvalue weighted by Crippen LogP contribution is -2.26. The number of unbranched alkanes of at least 4 members (excludes halogenated alkanes) is 3. The predicted octanol–water partition coefficient (Wildman–Crippen LogP) is 2.25. The summed E-state index contributed by atoms with van der Waals surface area (Å²) in [5, 5.41) is 0. The fourth-order valence-corrected chi connectivity index (χ4v) is 1.09. The molecule has 0 aromatic heterocycles. The Morgan fingerprint density at radius 1 is 1.33 bits per heavy atom. The maximum absolute atomic E-state index is 11.0. The molecule has 0 fully saturated rings. The number of amides is 1. The fraction of sp³-hybridized carbons (Fsp3) is 0.800. The Morgan fingerprint density at radius 3 is 2.50 bits per heavy atom. The molecule has 0 aromatic rings. The van der Waals surface area contributed by atoms with Crippen LogP contribution in [0.15, 0.2) is 0 Å². The van der Waals surface area contributed by atoms with Crippen molar-refractivity contribution in [3.63, 3.8) is 0 Å². The molecule has 0 saturated carbocycles. The van der Waals surface area contributed by atoms with E-state index in [2.05, 4.69) is 13.8 Å². The Kier molecular flexibility index (Phi) is 6.82. The molecule has 0 bridgehead atoms. The number of rotatable bonds is 6. The minimum atomic E-state index is 0.145. The van der Waals surface area contributed by atoms with Gasteiger partial charge in [-0.1, -0.05) is 26.2 Å². The molecule has 2 heteroatoms. The Morgan fingerprint density at radius 2 is 2.00 bits per heavy atom. The van der Waals surface area contributed by atoms with E-state index in [0.29, 0.717) is 6.42 Å². The molecule has 0 saturated heterocycles. The molecular formula is C10H20NO. The molecule has 0 rings (SSSR count). The van der Waals surface area contributed by atoms with E-state index < -0.39 is 0 Å². The molecule has 0 unspecified atom stereocenters. The second-order valence-electron chi connectivity index (χ2n) is 3.13. The van der Waals surface area contributed by atoms with Crippen LogP contribution in [0.25, 0.3) is 0 Å². The van der Waals surface area contributed by atoms with Crippen molar-refractivity contribution in [3.05, 3.63) is 6.92 Å². The summed E-state index contributed by atoms with van der Waals surface area (Å²) in [5.41, 5.74) is 0. The van der Waals surface area contributed by atoms with Gasteiger partial charge < -0.3 is 4.90 Å². The maximum Gasteiger partial charge on any atom is 0.222 e. The average molecular weight is 170 g/mol. The van der Waals surface area contributed by atoms with Gasteiger partial charge in [-0.3, -0.25) is 4.79 Å². The lowest BCUT2D eigenvalue weighted by molar-refractivity contribution is -0.129. The molecule has 0 aliphatic carbocycles. The van der Waals surface area contributed by atoms with Crippen LogP contribution in [-0.2, 0) is 4.79 Å². The van der Waals surface area contributed by atoms with E-state index in [9.17, 15) is 4.79 Å². The number of nitrogens with zero attached hydrogens (tertiary/aromatic N) is 1. The van der Waals surface area contributed by atoms with Crippen LogP contribution >= 0.6 is 0 Å². The highest BCUT2D eigenvalue weighted by atomic mass is 16.2. The topological polar surface area (TPSA) is 20.3 Å². The number of carbonyl (C=O) groups is 1. The molecular weight excluding hydrogens is 150 g/mol. The van der Waals surface area contributed by atoms with Crippen molar-refractivity contribution in [1.29, 1.82) is 0 Å². The first kappa shape index (κ1) is 11.5. The van der Waals surface area contributed by atoms with E-state index in [1.807, 2.05) is 7.05 Å². The molecule has 0 heterocycles. The highest BCUT2D eigenvalue weighted by Gasteiger charge is 2.03. The number of carbonyl (C=O) groups excluding carboxylic acids is 1. The summed E-state index contributed by atoms with van der Waals surface area (Å²) in [7, 11) is 1.85. The first-order chi connectivity index (χ1) is 5.72. The van der Waals surface area contributed by atoms with Gasteiger partial charge in [-0.15, -0.1) is 0 Å². The van der Waals surface area contributed by atoms with Crippen LogP contribution in [0.4, 0.5) is 0 Å². The molecule has 12 heavy (non-hydrogen) atoms. The standard InChI is InChI=1S/C10H20NO/c1-4-6-7-8-9-11(3)10(12)5-2/h2,4-9H2,1,3H3. The van der Waals surface area contributed by atoms with Crippen LogP contribution in [0.2, 0.25) is 0 Å². The first-order valence-electron chi connectivity index (χ1n) is 4.75.